The lowest BCUT2D eigenvalue weighted by Crippen LogP contribution is -2.48. The van der Waals surface area contributed by atoms with Crippen LogP contribution in [0.25, 0.3) is 0 Å². The van der Waals surface area contributed by atoms with Gasteiger partial charge in [-0.15, -0.1) is 0 Å². The fraction of sp³-hybridized carbons (Fsp3) is 0.333. The van der Waals surface area contributed by atoms with E-state index in [1.165, 1.54) is 18.2 Å². The number of carboxylic acid groups (broad SMARTS) is 1. The second-order valence-electron chi connectivity index (χ2n) is 7.56. The van der Waals surface area contributed by atoms with Gasteiger partial charge >= 0.3 is 5.97 Å². The van der Waals surface area contributed by atoms with Gasteiger partial charge in [-0.05, 0) is 37.0 Å². The van der Waals surface area contributed by atoms with Crippen LogP contribution in [0.15, 0.2) is 24.3 Å². The lowest BCUT2D eigenvalue weighted by atomic mass is 9.68. The number of carboxylic acids is 1. The first-order valence-electron chi connectivity index (χ1n) is 9.29. The Bertz CT molecular complexity index is 995. The van der Waals surface area contributed by atoms with Crippen LogP contribution in [0.5, 0.6) is 17.2 Å². The summed E-state index contributed by atoms with van der Waals surface area (Å²) in [6.45, 7) is 3.80. The summed E-state index contributed by atoms with van der Waals surface area (Å²) in [6.07, 6.45) is 1.26. The molecule has 1 saturated carbocycles. The topological polar surface area (TPSA) is 95.9 Å². The third kappa shape index (κ3) is 4.17. The zero-order valence-electron chi connectivity index (χ0n) is 16.3. The summed E-state index contributed by atoms with van der Waals surface area (Å²) in [4.78, 5) is 24.0. The van der Waals surface area contributed by atoms with Gasteiger partial charge in [0.25, 0.3) is 0 Å². The summed E-state index contributed by atoms with van der Waals surface area (Å²) in [6, 6.07) is 5.94. The molecule has 1 aliphatic carbocycles. The fourth-order valence-electron chi connectivity index (χ4n) is 3.26. The normalized spacial score (nSPS) is 14.9. The molecule has 0 heterocycles. The van der Waals surface area contributed by atoms with E-state index in [2.05, 4.69) is 5.32 Å². The van der Waals surface area contributed by atoms with Crippen LogP contribution in [0.1, 0.15) is 44.6 Å². The number of carbonyl (C=O) groups is 2. The van der Waals surface area contributed by atoms with Crippen LogP contribution in [0.4, 0.5) is 5.69 Å². The molecule has 0 atom stereocenters. The minimum atomic E-state index is -1.41. The molecule has 3 N–H and O–H groups in total. The Labute approximate surface area is 188 Å². The van der Waals surface area contributed by atoms with Gasteiger partial charge in [-0.25, -0.2) is 0 Å². The Kier molecular flexibility index (Phi) is 6.41. The predicted octanol–water partition coefficient (Wildman–Crippen LogP) is 6.46. The van der Waals surface area contributed by atoms with Crippen LogP contribution in [0.3, 0.4) is 0 Å². The Morgan fingerprint density at radius 1 is 1.07 bits per heavy atom. The second-order valence-corrected chi connectivity index (χ2v) is 8.79. The molecule has 0 saturated heterocycles. The van der Waals surface area contributed by atoms with E-state index < -0.39 is 17.3 Å². The molecule has 0 spiro atoms. The van der Waals surface area contributed by atoms with Gasteiger partial charge in [-0.3, -0.25) is 9.59 Å². The fourth-order valence-corrected chi connectivity index (χ4v) is 4.04. The van der Waals surface area contributed by atoms with Crippen molar-refractivity contribution in [3.63, 3.8) is 0 Å². The van der Waals surface area contributed by atoms with E-state index in [-0.39, 0.29) is 51.0 Å². The molecule has 0 bridgehead atoms. The standard InChI is InChI=1S/C21H20Cl3NO5/c1-10(2)13-8-12(9-14(22)17(13)26)30-18-15(23)6-11(7-16(18)24)25-19(27)21(20(28)29)4-3-5-21/h6-10,26H,3-5H2,1-2H3,(H,25,27)(H,28,29). The second kappa shape index (κ2) is 8.53. The summed E-state index contributed by atoms with van der Waals surface area (Å²) in [5.41, 5.74) is -0.543. The van der Waals surface area contributed by atoms with Crippen LogP contribution < -0.4 is 10.1 Å². The van der Waals surface area contributed by atoms with E-state index in [0.717, 1.165) is 0 Å². The average Bonchev–Trinajstić information content (AvgIpc) is 2.59. The van der Waals surface area contributed by atoms with Crippen LogP contribution in [0.2, 0.25) is 15.1 Å². The minimum Gasteiger partial charge on any atom is -0.506 e. The number of rotatable bonds is 6. The predicted molar refractivity (Wildman–Crippen MR) is 116 cm³/mol. The molecule has 1 fully saturated rings. The number of anilines is 1. The number of nitrogens with one attached hydrogen (secondary N) is 1. The van der Waals surface area contributed by atoms with Crippen molar-refractivity contribution in [1.29, 1.82) is 0 Å². The largest absolute Gasteiger partial charge is 0.506 e. The molecular formula is C21H20Cl3NO5. The number of amides is 1. The molecular weight excluding hydrogens is 453 g/mol. The number of ether oxygens (including phenoxy) is 1. The molecule has 0 aliphatic heterocycles. The highest BCUT2D eigenvalue weighted by molar-refractivity contribution is 6.38. The van der Waals surface area contributed by atoms with E-state index in [9.17, 15) is 19.8 Å². The summed E-state index contributed by atoms with van der Waals surface area (Å²) in [7, 11) is 0. The highest BCUT2D eigenvalue weighted by Crippen LogP contribution is 2.44. The van der Waals surface area contributed by atoms with Crippen molar-refractivity contribution in [2.24, 2.45) is 5.41 Å². The molecule has 6 nitrogen and oxygen atoms in total. The SMILES string of the molecule is CC(C)c1cc(Oc2c(Cl)cc(NC(=O)C3(C(=O)O)CCC3)cc2Cl)cc(Cl)c1O. The monoisotopic (exact) mass is 471 g/mol. The first-order valence-corrected chi connectivity index (χ1v) is 10.4. The molecule has 1 amide bonds. The number of phenols is 1. The number of hydrogen-bond donors (Lipinski definition) is 3. The average molecular weight is 473 g/mol. The maximum absolute atomic E-state index is 12.5. The smallest absolute Gasteiger partial charge is 0.319 e. The molecule has 30 heavy (non-hydrogen) atoms. The third-order valence-electron chi connectivity index (χ3n) is 5.22. The van der Waals surface area contributed by atoms with E-state index in [1.54, 1.807) is 6.07 Å². The number of aliphatic carboxylic acids is 1. The van der Waals surface area contributed by atoms with Gasteiger partial charge in [-0.2, -0.15) is 0 Å². The van der Waals surface area contributed by atoms with Gasteiger partial charge in [0.2, 0.25) is 5.91 Å². The molecule has 2 aromatic carbocycles. The zero-order valence-corrected chi connectivity index (χ0v) is 18.5. The number of aromatic hydroxyl groups is 1. The van der Waals surface area contributed by atoms with Crippen molar-refractivity contribution in [1.82, 2.24) is 0 Å². The zero-order chi connectivity index (χ0) is 22.2. The number of phenolic OH excluding ortho intramolecular Hbond substituents is 1. The number of carbonyl (C=O) groups excluding carboxylic acids is 1. The highest BCUT2D eigenvalue weighted by Gasteiger charge is 2.51. The maximum Gasteiger partial charge on any atom is 0.319 e. The van der Waals surface area contributed by atoms with Gasteiger partial charge in [0, 0.05) is 17.3 Å². The molecule has 1 aliphatic rings. The summed E-state index contributed by atoms with van der Waals surface area (Å²) >= 11 is 18.7. The van der Waals surface area contributed by atoms with Crippen molar-refractivity contribution in [2.45, 2.75) is 39.0 Å². The van der Waals surface area contributed by atoms with E-state index in [0.29, 0.717) is 17.7 Å². The van der Waals surface area contributed by atoms with Crippen molar-refractivity contribution in [2.75, 3.05) is 5.32 Å². The number of benzene rings is 2. The lowest BCUT2D eigenvalue weighted by Gasteiger charge is -2.35. The first kappa shape index (κ1) is 22.5. The van der Waals surface area contributed by atoms with Crippen LogP contribution in [0, 0.1) is 5.41 Å². The lowest BCUT2D eigenvalue weighted by molar-refractivity contribution is -0.159. The van der Waals surface area contributed by atoms with Crippen LogP contribution >= 0.6 is 34.8 Å². The van der Waals surface area contributed by atoms with E-state index >= 15 is 0 Å². The maximum atomic E-state index is 12.5. The quantitative estimate of drug-likeness (QED) is 0.419. The van der Waals surface area contributed by atoms with Crippen LogP contribution in [-0.4, -0.2) is 22.1 Å². The molecule has 0 unspecified atom stereocenters. The molecule has 3 rings (SSSR count). The third-order valence-corrected chi connectivity index (χ3v) is 6.07. The van der Waals surface area contributed by atoms with Crippen molar-refractivity contribution < 1.29 is 24.5 Å². The van der Waals surface area contributed by atoms with Gasteiger partial charge < -0.3 is 20.3 Å². The molecule has 9 heteroatoms. The first-order chi connectivity index (χ1) is 14.0. The van der Waals surface area contributed by atoms with Crippen molar-refractivity contribution in [3.8, 4) is 17.2 Å². The Morgan fingerprint density at radius 3 is 2.13 bits per heavy atom. The van der Waals surface area contributed by atoms with Gasteiger partial charge in [0.15, 0.2) is 5.75 Å². The molecule has 160 valence electrons. The van der Waals surface area contributed by atoms with Crippen molar-refractivity contribution in [3.05, 3.63) is 44.9 Å². The Hall–Kier alpha value is -2.15. The van der Waals surface area contributed by atoms with Gasteiger partial charge in [0.1, 0.15) is 16.9 Å². The molecule has 2 aromatic rings. The van der Waals surface area contributed by atoms with Crippen molar-refractivity contribution >= 4 is 52.4 Å². The Balaban J connectivity index is 1.86. The van der Waals surface area contributed by atoms with Crippen LogP contribution in [-0.2, 0) is 9.59 Å². The minimum absolute atomic E-state index is 0.00245. The number of halogens is 3. The summed E-state index contributed by atoms with van der Waals surface area (Å²) < 4.78 is 5.80. The van der Waals surface area contributed by atoms with E-state index in [1.807, 2.05) is 13.8 Å². The molecule has 0 radical (unpaired) electrons. The van der Waals surface area contributed by atoms with E-state index in [4.69, 9.17) is 39.5 Å². The molecule has 0 aromatic heterocycles. The highest BCUT2D eigenvalue weighted by atomic mass is 35.5. The van der Waals surface area contributed by atoms with Gasteiger partial charge in [-0.1, -0.05) is 55.1 Å². The summed E-state index contributed by atoms with van der Waals surface area (Å²) in [5.74, 6) is -1.28. The Morgan fingerprint density at radius 2 is 1.67 bits per heavy atom. The number of hydrogen-bond acceptors (Lipinski definition) is 4. The summed E-state index contributed by atoms with van der Waals surface area (Å²) in [5, 5.41) is 22.4. The van der Waals surface area contributed by atoms with Gasteiger partial charge in [0.05, 0.1) is 15.1 Å².